The number of hydrogen-bond acceptors (Lipinski definition) is 3. The summed E-state index contributed by atoms with van der Waals surface area (Å²) in [6.45, 7) is 0. The smallest absolute Gasteiger partial charge is 0.310 e. The largest absolute Gasteiger partial charge is 0.462 e. The van der Waals surface area contributed by atoms with E-state index in [0.29, 0.717) is 18.5 Å². The Hall–Kier alpha value is -1.35. The molecule has 2 aliphatic heterocycles. The minimum absolute atomic E-state index is 0.0903. The van der Waals surface area contributed by atoms with Crippen LogP contribution in [0.4, 0.5) is 0 Å². The summed E-state index contributed by atoms with van der Waals surface area (Å²) in [6.07, 6.45) is 4.95. The van der Waals surface area contributed by atoms with E-state index in [1.54, 1.807) is 0 Å². The second-order valence-corrected chi connectivity index (χ2v) is 5.38. The number of hydrogen-bond donors (Lipinski definition) is 1. The molecule has 1 unspecified atom stereocenters. The van der Waals surface area contributed by atoms with E-state index in [9.17, 15) is 4.79 Å². The number of carbonyl (C=O) groups is 1. The van der Waals surface area contributed by atoms with Crippen molar-refractivity contribution in [1.29, 1.82) is 0 Å². The lowest BCUT2D eigenvalue weighted by Gasteiger charge is -2.28. The highest BCUT2D eigenvalue weighted by molar-refractivity contribution is 5.72. The average molecular weight is 245 g/mol. The van der Waals surface area contributed by atoms with E-state index >= 15 is 0 Å². The first-order chi connectivity index (χ1) is 8.79. The standard InChI is InChI=1S/C15H19NO2/c17-15(8-11-4-2-1-3-5-11)18-14-9-12-6-7-13(10-14)16-12/h1-5,12-14,16H,6-10H2/t12-,13+,14?. The van der Waals surface area contributed by atoms with Gasteiger partial charge in [0.2, 0.25) is 0 Å². The van der Waals surface area contributed by atoms with Gasteiger partial charge >= 0.3 is 5.97 Å². The summed E-state index contributed by atoms with van der Waals surface area (Å²) in [7, 11) is 0. The van der Waals surface area contributed by atoms with Gasteiger partial charge in [0.05, 0.1) is 6.42 Å². The maximum Gasteiger partial charge on any atom is 0.310 e. The maximum absolute atomic E-state index is 11.9. The normalized spacial score (nSPS) is 30.1. The van der Waals surface area contributed by atoms with Gasteiger partial charge in [-0.1, -0.05) is 30.3 Å². The van der Waals surface area contributed by atoms with Crippen LogP contribution >= 0.6 is 0 Å². The molecule has 2 heterocycles. The predicted octanol–water partition coefficient (Wildman–Crippen LogP) is 2.06. The number of rotatable bonds is 3. The molecule has 0 aromatic heterocycles. The second kappa shape index (κ2) is 5.11. The van der Waals surface area contributed by atoms with Crippen LogP contribution in [0.2, 0.25) is 0 Å². The van der Waals surface area contributed by atoms with Crippen LogP contribution in [0, 0.1) is 0 Å². The Bertz CT molecular complexity index is 406. The van der Waals surface area contributed by atoms with Gasteiger partial charge < -0.3 is 10.1 Å². The molecule has 18 heavy (non-hydrogen) atoms. The van der Waals surface area contributed by atoms with Crippen molar-refractivity contribution in [1.82, 2.24) is 5.32 Å². The molecule has 1 aromatic rings. The molecule has 1 N–H and O–H groups in total. The van der Waals surface area contributed by atoms with Crippen molar-refractivity contribution >= 4 is 5.97 Å². The van der Waals surface area contributed by atoms with E-state index in [4.69, 9.17) is 4.74 Å². The molecule has 3 rings (SSSR count). The summed E-state index contributed by atoms with van der Waals surface area (Å²) in [5.74, 6) is -0.0903. The molecule has 2 aliphatic rings. The van der Waals surface area contributed by atoms with E-state index < -0.39 is 0 Å². The molecule has 2 bridgehead atoms. The van der Waals surface area contributed by atoms with Crippen molar-refractivity contribution < 1.29 is 9.53 Å². The van der Waals surface area contributed by atoms with Crippen LogP contribution in [-0.4, -0.2) is 24.2 Å². The Morgan fingerprint density at radius 1 is 1.17 bits per heavy atom. The van der Waals surface area contributed by atoms with Gasteiger partial charge in [0.25, 0.3) is 0 Å². The Balaban J connectivity index is 1.52. The topological polar surface area (TPSA) is 38.3 Å². The second-order valence-electron chi connectivity index (χ2n) is 5.38. The molecule has 3 heteroatoms. The summed E-state index contributed by atoms with van der Waals surface area (Å²) >= 11 is 0. The minimum Gasteiger partial charge on any atom is -0.462 e. The molecule has 3 nitrogen and oxygen atoms in total. The SMILES string of the molecule is O=C(Cc1ccccc1)OC1C[C@H]2CC[C@@H](C1)N2. The maximum atomic E-state index is 11.9. The van der Waals surface area contributed by atoms with Crippen LogP contribution in [0.3, 0.4) is 0 Å². The zero-order valence-corrected chi connectivity index (χ0v) is 10.5. The van der Waals surface area contributed by atoms with Gasteiger partial charge in [0.15, 0.2) is 0 Å². The number of esters is 1. The summed E-state index contributed by atoms with van der Waals surface area (Å²) < 4.78 is 5.60. The Labute approximate surface area is 108 Å². The molecule has 2 saturated heterocycles. The highest BCUT2D eigenvalue weighted by atomic mass is 16.5. The van der Waals surface area contributed by atoms with E-state index in [2.05, 4.69) is 5.32 Å². The van der Waals surface area contributed by atoms with Gasteiger partial charge in [0.1, 0.15) is 6.10 Å². The fourth-order valence-electron chi connectivity index (χ4n) is 3.09. The third kappa shape index (κ3) is 2.72. The van der Waals surface area contributed by atoms with Crippen LogP contribution < -0.4 is 5.32 Å². The Morgan fingerprint density at radius 2 is 1.83 bits per heavy atom. The number of benzene rings is 1. The molecular formula is C15H19NO2. The molecule has 0 amide bonds. The van der Waals surface area contributed by atoms with Crippen LogP contribution in [0.15, 0.2) is 30.3 Å². The van der Waals surface area contributed by atoms with Gasteiger partial charge in [-0.05, 0) is 31.2 Å². The van der Waals surface area contributed by atoms with Crippen LogP contribution in [0.1, 0.15) is 31.2 Å². The van der Waals surface area contributed by atoms with E-state index in [1.807, 2.05) is 30.3 Å². The van der Waals surface area contributed by atoms with Crippen molar-refractivity contribution in [3.05, 3.63) is 35.9 Å². The van der Waals surface area contributed by atoms with Crippen molar-refractivity contribution in [2.75, 3.05) is 0 Å². The summed E-state index contributed by atoms with van der Waals surface area (Å²) in [4.78, 5) is 11.9. The van der Waals surface area contributed by atoms with Crippen LogP contribution in [0.25, 0.3) is 0 Å². The molecule has 96 valence electrons. The zero-order chi connectivity index (χ0) is 12.4. The lowest BCUT2D eigenvalue weighted by Crippen LogP contribution is -2.42. The first kappa shape index (κ1) is 11.7. The van der Waals surface area contributed by atoms with E-state index in [1.165, 1.54) is 12.8 Å². The molecule has 0 aliphatic carbocycles. The average Bonchev–Trinajstić information content (AvgIpc) is 2.70. The minimum atomic E-state index is -0.0903. The van der Waals surface area contributed by atoms with Crippen LogP contribution in [-0.2, 0) is 16.0 Å². The zero-order valence-electron chi connectivity index (χ0n) is 10.5. The quantitative estimate of drug-likeness (QED) is 0.828. The number of piperidine rings is 1. The number of fused-ring (bicyclic) bond motifs is 2. The number of carbonyl (C=O) groups excluding carboxylic acids is 1. The molecule has 3 atom stereocenters. The summed E-state index contributed by atoms with van der Waals surface area (Å²) in [5, 5.41) is 3.55. The monoisotopic (exact) mass is 245 g/mol. The van der Waals surface area contributed by atoms with Crippen molar-refractivity contribution in [3.63, 3.8) is 0 Å². The Morgan fingerprint density at radius 3 is 2.50 bits per heavy atom. The van der Waals surface area contributed by atoms with Crippen molar-refractivity contribution in [3.8, 4) is 0 Å². The predicted molar refractivity (Wildman–Crippen MR) is 69.2 cm³/mol. The van der Waals surface area contributed by atoms with Gasteiger partial charge in [-0.15, -0.1) is 0 Å². The van der Waals surface area contributed by atoms with Gasteiger partial charge in [-0.25, -0.2) is 0 Å². The molecule has 1 aromatic carbocycles. The summed E-state index contributed by atoms with van der Waals surface area (Å²) in [6, 6.07) is 10.9. The van der Waals surface area contributed by atoms with E-state index in [-0.39, 0.29) is 12.1 Å². The first-order valence-electron chi connectivity index (χ1n) is 6.79. The number of nitrogens with one attached hydrogen (secondary N) is 1. The summed E-state index contributed by atoms with van der Waals surface area (Å²) in [5.41, 5.74) is 1.03. The molecule has 0 saturated carbocycles. The van der Waals surface area contributed by atoms with Crippen molar-refractivity contribution in [2.45, 2.75) is 50.3 Å². The first-order valence-corrected chi connectivity index (χ1v) is 6.79. The molecule has 0 spiro atoms. The third-order valence-corrected chi connectivity index (χ3v) is 3.92. The van der Waals surface area contributed by atoms with Gasteiger partial charge in [-0.2, -0.15) is 0 Å². The van der Waals surface area contributed by atoms with Crippen molar-refractivity contribution in [2.24, 2.45) is 0 Å². The van der Waals surface area contributed by atoms with Crippen LogP contribution in [0.5, 0.6) is 0 Å². The highest BCUT2D eigenvalue weighted by Gasteiger charge is 2.35. The van der Waals surface area contributed by atoms with Gasteiger partial charge in [0, 0.05) is 12.1 Å². The van der Waals surface area contributed by atoms with E-state index in [0.717, 1.165) is 18.4 Å². The lowest BCUT2D eigenvalue weighted by molar-refractivity contribution is -0.150. The fourth-order valence-corrected chi connectivity index (χ4v) is 3.09. The molecule has 2 fully saturated rings. The molecule has 0 radical (unpaired) electrons. The fraction of sp³-hybridized carbons (Fsp3) is 0.533. The molecular weight excluding hydrogens is 226 g/mol. The lowest BCUT2D eigenvalue weighted by atomic mass is 10.0. The third-order valence-electron chi connectivity index (χ3n) is 3.92. The van der Waals surface area contributed by atoms with Gasteiger partial charge in [-0.3, -0.25) is 4.79 Å². The number of ether oxygens (including phenoxy) is 1. The Kier molecular flexibility index (Phi) is 3.33. The highest BCUT2D eigenvalue weighted by Crippen LogP contribution is 2.28.